The van der Waals surface area contributed by atoms with E-state index in [1.165, 1.54) is 7.11 Å². The molecule has 0 spiro atoms. The van der Waals surface area contributed by atoms with Crippen molar-refractivity contribution in [1.29, 1.82) is 0 Å². The standard InChI is InChI=1S/C16H19ClN4O2/c1-4-10(2)19-16-18-8-7-13(21-16)15(22)20-11-5-6-14(23-3)12(17)9-11/h5-10H,4H2,1-3H3,(H,20,22)(H,18,19,21). The lowest BCUT2D eigenvalue weighted by Crippen LogP contribution is -2.19. The maximum atomic E-state index is 12.3. The van der Waals surface area contributed by atoms with Crippen molar-refractivity contribution in [3.63, 3.8) is 0 Å². The van der Waals surface area contributed by atoms with Crippen LogP contribution in [0.3, 0.4) is 0 Å². The lowest BCUT2D eigenvalue weighted by atomic mass is 10.2. The fraction of sp³-hybridized carbons (Fsp3) is 0.312. The van der Waals surface area contributed by atoms with E-state index in [-0.39, 0.29) is 17.6 Å². The second-order valence-electron chi connectivity index (χ2n) is 5.02. The largest absolute Gasteiger partial charge is 0.495 e. The second kappa shape index (κ2) is 7.78. The number of aromatic nitrogens is 2. The number of carbonyl (C=O) groups excluding carboxylic acids is 1. The monoisotopic (exact) mass is 334 g/mol. The molecule has 1 heterocycles. The van der Waals surface area contributed by atoms with Gasteiger partial charge in [0.15, 0.2) is 0 Å². The molecule has 1 unspecified atom stereocenters. The first-order valence-corrected chi connectivity index (χ1v) is 7.65. The molecule has 122 valence electrons. The summed E-state index contributed by atoms with van der Waals surface area (Å²) < 4.78 is 5.08. The van der Waals surface area contributed by atoms with E-state index in [0.717, 1.165) is 6.42 Å². The van der Waals surface area contributed by atoms with E-state index in [1.807, 2.05) is 6.92 Å². The zero-order valence-electron chi connectivity index (χ0n) is 13.3. The third-order valence-corrected chi connectivity index (χ3v) is 3.58. The summed E-state index contributed by atoms with van der Waals surface area (Å²) in [6.45, 7) is 4.08. The maximum absolute atomic E-state index is 12.3. The number of nitrogens with one attached hydrogen (secondary N) is 2. The molecule has 0 saturated heterocycles. The van der Waals surface area contributed by atoms with Crippen LogP contribution in [-0.2, 0) is 0 Å². The predicted octanol–water partition coefficient (Wildman–Crippen LogP) is 3.60. The number of halogens is 1. The van der Waals surface area contributed by atoms with E-state index in [4.69, 9.17) is 16.3 Å². The molecule has 0 radical (unpaired) electrons. The van der Waals surface area contributed by atoms with Crippen molar-refractivity contribution in [3.8, 4) is 5.75 Å². The van der Waals surface area contributed by atoms with E-state index in [0.29, 0.717) is 22.4 Å². The highest BCUT2D eigenvalue weighted by Crippen LogP contribution is 2.27. The molecule has 2 rings (SSSR count). The van der Waals surface area contributed by atoms with Gasteiger partial charge in [0.1, 0.15) is 11.4 Å². The van der Waals surface area contributed by atoms with Crippen LogP contribution in [0.2, 0.25) is 5.02 Å². The Hall–Kier alpha value is -2.34. The lowest BCUT2D eigenvalue weighted by molar-refractivity contribution is 0.102. The molecule has 1 atom stereocenters. The first kappa shape index (κ1) is 17.0. The Morgan fingerprint density at radius 3 is 2.83 bits per heavy atom. The van der Waals surface area contributed by atoms with E-state index in [1.54, 1.807) is 30.5 Å². The molecule has 2 aromatic rings. The van der Waals surface area contributed by atoms with Gasteiger partial charge < -0.3 is 15.4 Å². The van der Waals surface area contributed by atoms with Gasteiger partial charge in [-0.25, -0.2) is 9.97 Å². The first-order chi connectivity index (χ1) is 11.0. The number of benzene rings is 1. The molecule has 0 aliphatic heterocycles. The molecular weight excluding hydrogens is 316 g/mol. The fourth-order valence-corrected chi connectivity index (χ4v) is 2.07. The number of nitrogens with zero attached hydrogens (tertiary/aromatic N) is 2. The Balaban J connectivity index is 2.11. The molecule has 0 aliphatic carbocycles. The lowest BCUT2D eigenvalue weighted by Gasteiger charge is -2.12. The quantitative estimate of drug-likeness (QED) is 0.844. The number of hydrogen-bond donors (Lipinski definition) is 2. The summed E-state index contributed by atoms with van der Waals surface area (Å²) >= 11 is 6.05. The predicted molar refractivity (Wildman–Crippen MR) is 91.4 cm³/mol. The van der Waals surface area contributed by atoms with Gasteiger partial charge in [0.05, 0.1) is 12.1 Å². The minimum Gasteiger partial charge on any atom is -0.495 e. The minimum absolute atomic E-state index is 0.230. The number of anilines is 2. The number of ether oxygens (including phenoxy) is 1. The third-order valence-electron chi connectivity index (χ3n) is 3.29. The molecule has 0 bridgehead atoms. The van der Waals surface area contributed by atoms with Gasteiger partial charge in [0, 0.05) is 17.9 Å². The molecule has 1 aromatic heterocycles. The van der Waals surface area contributed by atoms with E-state index in [9.17, 15) is 4.79 Å². The zero-order chi connectivity index (χ0) is 16.8. The Morgan fingerprint density at radius 2 is 2.17 bits per heavy atom. The summed E-state index contributed by atoms with van der Waals surface area (Å²) in [5.74, 6) is 0.646. The van der Waals surface area contributed by atoms with Crippen LogP contribution in [0.15, 0.2) is 30.5 Å². The SMILES string of the molecule is CCC(C)Nc1nccc(C(=O)Nc2ccc(OC)c(Cl)c2)n1. The number of rotatable bonds is 6. The Kier molecular flexibility index (Phi) is 5.76. The third kappa shape index (κ3) is 4.56. The topological polar surface area (TPSA) is 76.1 Å². The molecule has 0 saturated carbocycles. The molecule has 6 nitrogen and oxygen atoms in total. The van der Waals surface area contributed by atoms with Crippen LogP contribution in [0.5, 0.6) is 5.75 Å². The highest BCUT2D eigenvalue weighted by atomic mass is 35.5. The van der Waals surface area contributed by atoms with Crippen molar-refractivity contribution in [3.05, 3.63) is 41.2 Å². The summed E-state index contributed by atoms with van der Waals surface area (Å²) in [6, 6.07) is 6.81. The Morgan fingerprint density at radius 1 is 1.39 bits per heavy atom. The van der Waals surface area contributed by atoms with Gasteiger partial charge in [-0.15, -0.1) is 0 Å². The maximum Gasteiger partial charge on any atom is 0.274 e. The van der Waals surface area contributed by atoms with Gasteiger partial charge in [0.25, 0.3) is 5.91 Å². The van der Waals surface area contributed by atoms with Crippen LogP contribution < -0.4 is 15.4 Å². The van der Waals surface area contributed by atoms with Gasteiger partial charge in [0.2, 0.25) is 5.95 Å². The zero-order valence-corrected chi connectivity index (χ0v) is 14.0. The summed E-state index contributed by atoms with van der Waals surface area (Å²) in [4.78, 5) is 20.6. The molecule has 2 N–H and O–H groups in total. The van der Waals surface area contributed by atoms with Crippen LogP contribution in [0, 0.1) is 0 Å². The molecule has 0 fully saturated rings. The van der Waals surface area contributed by atoms with Crippen molar-refractivity contribution < 1.29 is 9.53 Å². The van der Waals surface area contributed by atoms with Crippen LogP contribution >= 0.6 is 11.6 Å². The molecule has 23 heavy (non-hydrogen) atoms. The number of amides is 1. The highest BCUT2D eigenvalue weighted by molar-refractivity contribution is 6.32. The van der Waals surface area contributed by atoms with Gasteiger partial charge >= 0.3 is 0 Å². The molecule has 0 aliphatic rings. The average molecular weight is 335 g/mol. The van der Waals surface area contributed by atoms with Crippen LogP contribution in [0.25, 0.3) is 0 Å². The van der Waals surface area contributed by atoms with Crippen molar-refractivity contribution in [1.82, 2.24) is 9.97 Å². The van der Waals surface area contributed by atoms with Gasteiger partial charge in [-0.2, -0.15) is 0 Å². The molecule has 1 amide bonds. The van der Waals surface area contributed by atoms with E-state index < -0.39 is 0 Å². The second-order valence-corrected chi connectivity index (χ2v) is 5.43. The number of hydrogen-bond acceptors (Lipinski definition) is 5. The highest BCUT2D eigenvalue weighted by Gasteiger charge is 2.11. The smallest absolute Gasteiger partial charge is 0.274 e. The Labute approximate surface area is 140 Å². The molecule has 1 aromatic carbocycles. The normalized spacial score (nSPS) is 11.7. The molecular formula is C16H19ClN4O2. The van der Waals surface area contributed by atoms with Gasteiger partial charge in [-0.1, -0.05) is 18.5 Å². The van der Waals surface area contributed by atoms with Crippen LogP contribution in [0.4, 0.5) is 11.6 Å². The van der Waals surface area contributed by atoms with E-state index >= 15 is 0 Å². The van der Waals surface area contributed by atoms with Crippen LogP contribution in [0.1, 0.15) is 30.8 Å². The van der Waals surface area contributed by atoms with Gasteiger partial charge in [-0.3, -0.25) is 4.79 Å². The first-order valence-electron chi connectivity index (χ1n) is 7.28. The molecule has 7 heteroatoms. The summed E-state index contributed by atoms with van der Waals surface area (Å²) in [7, 11) is 1.53. The number of carbonyl (C=O) groups is 1. The van der Waals surface area contributed by atoms with Crippen molar-refractivity contribution in [2.45, 2.75) is 26.3 Å². The van der Waals surface area contributed by atoms with Crippen molar-refractivity contribution >= 4 is 29.1 Å². The Bertz CT molecular complexity index is 694. The van der Waals surface area contributed by atoms with E-state index in [2.05, 4.69) is 27.5 Å². The van der Waals surface area contributed by atoms with Crippen LogP contribution in [-0.4, -0.2) is 29.0 Å². The van der Waals surface area contributed by atoms with Crippen molar-refractivity contribution in [2.75, 3.05) is 17.7 Å². The fourth-order valence-electron chi connectivity index (χ4n) is 1.82. The summed E-state index contributed by atoms with van der Waals surface area (Å²) in [5.41, 5.74) is 0.841. The van der Waals surface area contributed by atoms with Gasteiger partial charge in [-0.05, 0) is 37.6 Å². The summed E-state index contributed by atoms with van der Waals surface area (Å²) in [6.07, 6.45) is 2.48. The average Bonchev–Trinajstić information content (AvgIpc) is 2.55. The summed E-state index contributed by atoms with van der Waals surface area (Å²) in [5, 5.41) is 6.31. The number of methoxy groups -OCH3 is 1. The van der Waals surface area contributed by atoms with Crippen molar-refractivity contribution in [2.24, 2.45) is 0 Å². The minimum atomic E-state index is -0.333.